The fourth-order valence-corrected chi connectivity index (χ4v) is 2.58. The molecule has 0 spiro atoms. The molecule has 1 fully saturated rings. The molecule has 3 nitrogen and oxygen atoms in total. The molecule has 1 aliphatic rings. The van der Waals surface area contributed by atoms with Crippen molar-refractivity contribution in [2.75, 3.05) is 23.7 Å². The van der Waals surface area contributed by atoms with Crippen LogP contribution in [0.5, 0.6) is 0 Å². The van der Waals surface area contributed by atoms with Crippen LogP contribution in [0.1, 0.15) is 25.3 Å². The molecule has 0 aliphatic carbocycles. The minimum Gasteiger partial charge on any atom is -0.397 e. The topological polar surface area (TPSA) is 49.5 Å². The van der Waals surface area contributed by atoms with Crippen molar-refractivity contribution in [1.29, 1.82) is 0 Å². The lowest BCUT2D eigenvalue weighted by atomic mass is 9.92. The van der Waals surface area contributed by atoms with Crippen LogP contribution >= 0.6 is 0 Å². The number of aryl methyl sites for hydroxylation is 1. The molecule has 1 heterocycles. The van der Waals surface area contributed by atoms with Crippen LogP contribution in [0, 0.1) is 12.8 Å². The molecule has 3 N–H and O–H groups in total. The van der Waals surface area contributed by atoms with Gasteiger partial charge in [-0.2, -0.15) is 0 Å². The van der Waals surface area contributed by atoms with Crippen LogP contribution in [0.2, 0.25) is 0 Å². The van der Waals surface area contributed by atoms with Gasteiger partial charge in [0.25, 0.3) is 0 Å². The SMILES string of the molecule is Cc1ccc(N2CCC(C(C)O)CC2)c(N)c1. The monoisotopic (exact) mass is 234 g/mol. The number of nitrogen functional groups attached to an aromatic ring is 1. The molecule has 1 aromatic rings. The van der Waals surface area contributed by atoms with E-state index in [1.165, 1.54) is 5.56 Å². The van der Waals surface area contributed by atoms with Crippen molar-refractivity contribution in [3.63, 3.8) is 0 Å². The first-order chi connectivity index (χ1) is 8.08. The molecular formula is C14H22N2O. The minimum absolute atomic E-state index is 0.187. The van der Waals surface area contributed by atoms with E-state index in [1.54, 1.807) is 0 Å². The van der Waals surface area contributed by atoms with Gasteiger partial charge in [-0.15, -0.1) is 0 Å². The van der Waals surface area contributed by atoms with Gasteiger partial charge in [-0.25, -0.2) is 0 Å². The van der Waals surface area contributed by atoms with Crippen LogP contribution < -0.4 is 10.6 Å². The quantitative estimate of drug-likeness (QED) is 0.771. The van der Waals surface area contributed by atoms with E-state index in [0.29, 0.717) is 5.92 Å². The maximum Gasteiger partial charge on any atom is 0.0600 e. The highest BCUT2D eigenvalue weighted by atomic mass is 16.3. The van der Waals surface area contributed by atoms with Gasteiger partial charge in [-0.3, -0.25) is 0 Å². The first kappa shape index (κ1) is 12.2. The van der Waals surface area contributed by atoms with E-state index in [-0.39, 0.29) is 6.10 Å². The molecule has 0 radical (unpaired) electrons. The van der Waals surface area contributed by atoms with E-state index < -0.39 is 0 Å². The summed E-state index contributed by atoms with van der Waals surface area (Å²) in [6.07, 6.45) is 1.91. The van der Waals surface area contributed by atoms with Gasteiger partial charge in [-0.1, -0.05) is 6.07 Å². The Bertz CT molecular complexity index is 382. The largest absolute Gasteiger partial charge is 0.397 e. The standard InChI is InChI=1S/C14H22N2O/c1-10-3-4-14(13(15)9-10)16-7-5-12(6-8-16)11(2)17/h3-4,9,11-12,17H,5-8,15H2,1-2H3. The molecule has 1 unspecified atom stereocenters. The highest BCUT2D eigenvalue weighted by molar-refractivity contribution is 5.68. The Morgan fingerprint density at radius 1 is 1.35 bits per heavy atom. The van der Waals surface area contributed by atoms with E-state index in [9.17, 15) is 5.11 Å². The Balaban J connectivity index is 2.05. The summed E-state index contributed by atoms with van der Waals surface area (Å²) in [5.41, 5.74) is 9.25. The molecule has 94 valence electrons. The fourth-order valence-electron chi connectivity index (χ4n) is 2.58. The van der Waals surface area contributed by atoms with E-state index in [0.717, 1.165) is 37.3 Å². The number of rotatable bonds is 2. The summed E-state index contributed by atoms with van der Waals surface area (Å²) in [7, 11) is 0. The number of aliphatic hydroxyl groups is 1. The third-order valence-corrected chi connectivity index (χ3v) is 3.75. The second-order valence-electron chi connectivity index (χ2n) is 5.13. The zero-order valence-corrected chi connectivity index (χ0v) is 10.7. The molecule has 17 heavy (non-hydrogen) atoms. The molecule has 0 saturated carbocycles. The second-order valence-corrected chi connectivity index (χ2v) is 5.13. The number of aliphatic hydroxyl groups excluding tert-OH is 1. The minimum atomic E-state index is -0.187. The molecule has 0 bridgehead atoms. The normalized spacial score (nSPS) is 19.4. The molecule has 3 heteroatoms. The van der Waals surface area contributed by atoms with Gasteiger partial charge in [0.2, 0.25) is 0 Å². The highest BCUT2D eigenvalue weighted by Crippen LogP contribution is 2.29. The van der Waals surface area contributed by atoms with Gasteiger partial charge in [-0.05, 0) is 50.3 Å². The highest BCUT2D eigenvalue weighted by Gasteiger charge is 2.23. The predicted octanol–water partition coefficient (Wildman–Crippen LogP) is 2.17. The van der Waals surface area contributed by atoms with Crippen molar-refractivity contribution >= 4 is 11.4 Å². The molecule has 0 aromatic heterocycles. The predicted molar refractivity (Wildman–Crippen MR) is 72.2 cm³/mol. The number of nitrogens with two attached hydrogens (primary N) is 1. The molecular weight excluding hydrogens is 212 g/mol. The van der Waals surface area contributed by atoms with Gasteiger partial charge in [0.15, 0.2) is 0 Å². The number of hydrogen-bond donors (Lipinski definition) is 2. The van der Waals surface area contributed by atoms with Crippen molar-refractivity contribution < 1.29 is 5.11 Å². The lowest BCUT2D eigenvalue weighted by Gasteiger charge is -2.35. The zero-order valence-electron chi connectivity index (χ0n) is 10.7. The zero-order chi connectivity index (χ0) is 12.4. The smallest absolute Gasteiger partial charge is 0.0600 e. The van der Waals surface area contributed by atoms with Gasteiger partial charge >= 0.3 is 0 Å². The average molecular weight is 234 g/mol. The summed E-state index contributed by atoms with van der Waals surface area (Å²) in [5.74, 6) is 0.443. The van der Waals surface area contributed by atoms with E-state index in [1.807, 2.05) is 13.0 Å². The van der Waals surface area contributed by atoms with Crippen LogP contribution in [-0.2, 0) is 0 Å². The van der Waals surface area contributed by atoms with Crippen LogP contribution in [0.3, 0.4) is 0 Å². The first-order valence-corrected chi connectivity index (χ1v) is 6.37. The molecule has 0 amide bonds. The van der Waals surface area contributed by atoms with Crippen molar-refractivity contribution in [2.24, 2.45) is 5.92 Å². The number of benzene rings is 1. The molecule has 1 saturated heterocycles. The number of anilines is 2. The Morgan fingerprint density at radius 2 is 2.00 bits per heavy atom. The van der Waals surface area contributed by atoms with E-state index in [2.05, 4.69) is 24.0 Å². The van der Waals surface area contributed by atoms with E-state index in [4.69, 9.17) is 5.73 Å². The number of piperidine rings is 1. The summed E-state index contributed by atoms with van der Waals surface area (Å²) in [4.78, 5) is 2.33. The Labute approximate surface area is 103 Å². The Morgan fingerprint density at radius 3 is 2.53 bits per heavy atom. The second kappa shape index (κ2) is 4.96. The summed E-state index contributed by atoms with van der Waals surface area (Å²) < 4.78 is 0. The molecule has 1 atom stereocenters. The number of hydrogen-bond acceptors (Lipinski definition) is 3. The third kappa shape index (κ3) is 2.72. The van der Waals surface area contributed by atoms with E-state index >= 15 is 0 Å². The Kier molecular flexibility index (Phi) is 3.57. The molecule has 1 aliphatic heterocycles. The van der Waals surface area contributed by atoms with Gasteiger partial charge in [0.1, 0.15) is 0 Å². The van der Waals surface area contributed by atoms with Crippen LogP contribution in [0.15, 0.2) is 18.2 Å². The fraction of sp³-hybridized carbons (Fsp3) is 0.571. The van der Waals surface area contributed by atoms with Crippen molar-refractivity contribution in [1.82, 2.24) is 0 Å². The van der Waals surface area contributed by atoms with Gasteiger partial charge in [0, 0.05) is 13.1 Å². The van der Waals surface area contributed by atoms with Gasteiger partial charge in [0.05, 0.1) is 17.5 Å². The summed E-state index contributed by atoms with van der Waals surface area (Å²) in [6, 6.07) is 6.23. The first-order valence-electron chi connectivity index (χ1n) is 6.37. The summed E-state index contributed by atoms with van der Waals surface area (Å²) >= 11 is 0. The van der Waals surface area contributed by atoms with Crippen LogP contribution in [-0.4, -0.2) is 24.3 Å². The Hall–Kier alpha value is -1.22. The molecule has 2 rings (SSSR count). The maximum atomic E-state index is 9.58. The summed E-state index contributed by atoms with van der Waals surface area (Å²) in [5, 5.41) is 9.58. The maximum absolute atomic E-state index is 9.58. The van der Waals surface area contributed by atoms with Crippen LogP contribution in [0.4, 0.5) is 11.4 Å². The van der Waals surface area contributed by atoms with Crippen molar-refractivity contribution in [2.45, 2.75) is 32.8 Å². The number of nitrogens with zero attached hydrogens (tertiary/aromatic N) is 1. The lowest BCUT2D eigenvalue weighted by molar-refractivity contribution is 0.110. The van der Waals surface area contributed by atoms with Crippen molar-refractivity contribution in [3.05, 3.63) is 23.8 Å². The van der Waals surface area contributed by atoms with Crippen LogP contribution in [0.25, 0.3) is 0 Å². The summed E-state index contributed by atoms with van der Waals surface area (Å²) in [6.45, 7) is 5.92. The molecule has 1 aromatic carbocycles. The average Bonchev–Trinajstić information content (AvgIpc) is 2.29. The van der Waals surface area contributed by atoms with Crippen molar-refractivity contribution in [3.8, 4) is 0 Å². The third-order valence-electron chi connectivity index (χ3n) is 3.75. The lowest BCUT2D eigenvalue weighted by Crippen LogP contribution is -2.37. The van der Waals surface area contributed by atoms with Gasteiger partial charge < -0.3 is 15.7 Å².